The molecule has 0 aromatic carbocycles. The summed E-state index contributed by atoms with van der Waals surface area (Å²) in [6, 6.07) is 0. The fourth-order valence-corrected chi connectivity index (χ4v) is 4.95. The molecule has 2 nitrogen and oxygen atoms in total. The first-order chi connectivity index (χ1) is 7.86. The maximum atomic E-state index is 6.10. The molecule has 2 fully saturated rings. The van der Waals surface area contributed by atoms with Gasteiger partial charge in [-0.2, -0.15) is 23.5 Å². The smallest absolute Gasteiger partial charge is 0.0968 e. The summed E-state index contributed by atoms with van der Waals surface area (Å²) < 4.78 is 0. The fourth-order valence-electron chi connectivity index (χ4n) is 2.38. The maximum Gasteiger partial charge on any atom is 0.0968 e. The fraction of sp³-hybridized carbons (Fsp3) is 0.917. The van der Waals surface area contributed by atoms with E-state index < -0.39 is 0 Å². The minimum absolute atomic E-state index is 0.593. The van der Waals surface area contributed by atoms with E-state index in [1.54, 1.807) is 0 Å². The zero-order chi connectivity index (χ0) is 11.2. The van der Waals surface area contributed by atoms with Gasteiger partial charge in [0.15, 0.2) is 0 Å². The Hall–Kier alpha value is 0.170. The van der Waals surface area contributed by atoms with Crippen molar-refractivity contribution in [1.29, 1.82) is 0 Å². The highest BCUT2D eigenvalue weighted by Crippen LogP contribution is 2.26. The summed E-state index contributed by atoms with van der Waals surface area (Å²) in [5, 5.41) is 0.709. The monoisotopic (exact) mass is 258 g/mol. The number of nitrogens with zero attached hydrogens (tertiary/aromatic N) is 1. The highest BCUT2D eigenvalue weighted by molar-refractivity contribution is 8.06. The second-order valence-corrected chi connectivity index (χ2v) is 7.23. The third kappa shape index (κ3) is 3.88. The van der Waals surface area contributed by atoms with E-state index in [-0.39, 0.29) is 0 Å². The van der Waals surface area contributed by atoms with Gasteiger partial charge in [0.05, 0.1) is 12.4 Å². The zero-order valence-electron chi connectivity index (χ0n) is 9.86. The second-order valence-electron chi connectivity index (χ2n) is 4.67. The molecule has 2 N–H and O–H groups in total. The molecule has 1 aliphatic carbocycles. The molecule has 92 valence electrons. The Kier molecular flexibility index (Phi) is 5.36. The minimum Gasteiger partial charge on any atom is -0.387 e. The van der Waals surface area contributed by atoms with Gasteiger partial charge in [-0.05, 0) is 12.8 Å². The molecule has 2 aliphatic rings. The first kappa shape index (κ1) is 12.6. The standard InChI is InChI=1S/C12H22N2S2/c13-12(10-4-2-1-3-5-10)14-8-11-9-15-6-7-16-11/h10-11H,1-9H2,(H2,13,14). The third-order valence-corrected chi connectivity index (χ3v) is 6.21. The van der Waals surface area contributed by atoms with Crippen molar-refractivity contribution in [2.45, 2.75) is 37.4 Å². The Morgan fingerprint density at radius 1 is 1.19 bits per heavy atom. The van der Waals surface area contributed by atoms with Gasteiger partial charge in [-0.1, -0.05) is 19.3 Å². The van der Waals surface area contributed by atoms with Crippen molar-refractivity contribution in [2.24, 2.45) is 16.6 Å². The average molecular weight is 258 g/mol. The van der Waals surface area contributed by atoms with Gasteiger partial charge >= 0.3 is 0 Å². The number of amidine groups is 1. The van der Waals surface area contributed by atoms with Crippen molar-refractivity contribution in [3.63, 3.8) is 0 Å². The zero-order valence-corrected chi connectivity index (χ0v) is 11.5. The molecule has 2 rings (SSSR count). The Bertz CT molecular complexity index is 231. The number of rotatable bonds is 3. The van der Waals surface area contributed by atoms with E-state index in [0.29, 0.717) is 11.2 Å². The van der Waals surface area contributed by atoms with Crippen LogP contribution in [0.4, 0.5) is 0 Å². The second kappa shape index (κ2) is 6.80. The lowest BCUT2D eigenvalue weighted by molar-refractivity contribution is 0.436. The molecular formula is C12H22N2S2. The van der Waals surface area contributed by atoms with E-state index in [1.807, 2.05) is 0 Å². The summed E-state index contributed by atoms with van der Waals surface area (Å²) in [5.41, 5.74) is 6.10. The lowest BCUT2D eigenvalue weighted by Gasteiger charge is -2.23. The highest BCUT2D eigenvalue weighted by Gasteiger charge is 2.18. The van der Waals surface area contributed by atoms with Gasteiger partial charge in [0.2, 0.25) is 0 Å². The molecule has 1 heterocycles. The number of hydrogen-bond acceptors (Lipinski definition) is 3. The van der Waals surface area contributed by atoms with E-state index in [0.717, 1.165) is 12.4 Å². The number of nitrogens with two attached hydrogens (primary N) is 1. The first-order valence-electron chi connectivity index (χ1n) is 6.35. The van der Waals surface area contributed by atoms with Gasteiger partial charge in [0.25, 0.3) is 0 Å². The van der Waals surface area contributed by atoms with Gasteiger partial charge in [0.1, 0.15) is 0 Å². The van der Waals surface area contributed by atoms with Crippen molar-refractivity contribution < 1.29 is 0 Å². The molecule has 1 saturated heterocycles. The van der Waals surface area contributed by atoms with E-state index in [4.69, 9.17) is 5.73 Å². The quantitative estimate of drug-likeness (QED) is 0.625. The van der Waals surface area contributed by atoms with Crippen LogP contribution >= 0.6 is 23.5 Å². The van der Waals surface area contributed by atoms with Gasteiger partial charge in [-0.15, -0.1) is 0 Å². The Balaban J connectivity index is 1.76. The number of hydrogen-bond donors (Lipinski definition) is 1. The third-order valence-electron chi connectivity index (χ3n) is 3.39. The predicted molar refractivity (Wildman–Crippen MR) is 76.6 cm³/mol. The summed E-state index contributed by atoms with van der Waals surface area (Å²) in [5.74, 6) is 5.38. The molecule has 1 atom stereocenters. The van der Waals surface area contributed by atoms with Crippen molar-refractivity contribution >= 4 is 29.4 Å². The van der Waals surface area contributed by atoms with Crippen LogP contribution in [0.25, 0.3) is 0 Å². The van der Waals surface area contributed by atoms with Crippen molar-refractivity contribution in [1.82, 2.24) is 0 Å². The van der Waals surface area contributed by atoms with E-state index in [9.17, 15) is 0 Å². The Labute approximate surface area is 107 Å². The summed E-state index contributed by atoms with van der Waals surface area (Å²) in [7, 11) is 0. The number of thioether (sulfide) groups is 2. The molecule has 0 aromatic heterocycles. The summed E-state index contributed by atoms with van der Waals surface area (Å²) in [4.78, 5) is 4.63. The first-order valence-corrected chi connectivity index (χ1v) is 8.56. The number of aliphatic imine (C=N–C) groups is 1. The molecule has 0 bridgehead atoms. The van der Waals surface area contributed by atoms with Crippen LogP contribution in [0.3, 0.4) is 0 Å². The molecule has 0 spiro atoms. The predicted octanol–water partition coefficient (Wildman–Crippen LogP) is 2.77. The molecule has 0 radical (unpaired) electrons. The van der Waals surface area contributed by atoms with Crippen LogP contribution in [-0.2, 0) is 0 Å². The summed E-state index contributed by atoms with van der Waals surface area (Å²) in [6.07, 6.45) is 6.60. The normalized spacial score (nSPS) is 29.2. The topological polar surface area (TPSA) is 38.4 Å². The van der Waals surface area contributed by atoms with E-state index >= 15 is 0 Å². The van der Waals surface area contributed by atoms with Gasteiger partial charge in [0, 0.05) is 28.4 Å². The van der Waals surface area contributed by atoms with Crippen molar-refractivity contribution in [2.75, 3.05) is 23.8 Å². The molecule has 1 aliphatic heterocycles. The van der Waals surface area contributed by atoms with Crippen LogP contribution in [0.15, 0.2) is 4.99 Å². The molecule has 0 amide bonds. The average Bonchev–Trinajstić information content (AvgIpc) is 2.38. The maximum absolute atomic E-state index is 6.10. The Morgan fingerprint density at radius 2 is 2.00 bits per heavy atom. The van der Waals surface area contributed by atoms with Crippen LogP contribution in [0.2, 0.25) is 0 Å². The van der Waals surface area contributed by atoms with Crippen LogP contribution in [0.1, 0.15) is 32.1 Å². The van der Waals surface area contributed by atoms with Crippen molar-refractivity contribution in [3.05, 3.63) is 0 Å². The minimum atomic E-state index is 0.593. The van der Waals surface area contributed by atoms with Crippen LogP contribution in [0, 0.1) is 5.92 Å². The molecule has 16 heavy (non-hydrogen) atoms. The van der Waals surface area contributed by atoms with Gasteiger partial charge in [-0.25, -0.2) is 0 Å². The van der Waals surface area contributed by atoms with Gasteiger partial charge < -0.3 is 5.73 Å². The summed E-state index contributed by atoms with van der Waals surface area (Å²) >= 11 is 4.13. The lowest BCUT2D eigenvalue weighted by Crippen LogP contribution is -2.27. The van der Waals surface area contributed by atoms with Gasteiger partial charge in [-0.3, -0.25) is 4.99 Å². The van der Waals surface area contributed by atoms with E-state index in [2.05, 4.69) is 28.5 Å². The van der Waals surface area contributed by atoms with E-state index in [1.165, 1.54) is 49.4 Å². The van der Waals surface area contributed by atoms with Crippen molar-refractivity contribution in [3.8, 4) is 0 Å². The SMILES string of the molecule is NC(=NCC1CSCCS1)C1CCCCC1. The molecule has 4 heteroatoms. The molecule has 1 saturated carbocycles. The molecule has 1 unspecified atom stereocenters. The van der Waals surface area contributed by atoms with Crippen LogP contribution in [-0.4, -0.2) is 34.9 Å². The molecule has 0 aromatic rings. The largest absolute Gasteiger partial charge is 0.387 e. The highest BCUT2D eigenvalue weighted by atomic mass is 32.2. The molecular weight excluding hydrogens is 236 g/mol. The van der Waals surface area contributed by atoms with Crippen LogP contribution < -0.4 is 5.73 Å². The van der Waals surface area contributed by atoms with Crippen LogP contribution in [0.5, 0.6) is 0 Å². The Morgan fingerprint density at radius 3 is 2.69 bits per heavy atom. The summed E-state index contributed by atoms with van der Waals surface area (Å²) in [6.45, 7) is 0.944. The lowest BCUT2D eigenvalue weighted by atomic mass is 9.88.